The van der Waals surface area contributed by atoms with Crippen LogP contribution in [0.3, 0.4) is 0 Å². The molecule has 0 fully saturated rings. The van der Waals surface area contributed by atoms with Crippen molar-refractivity contribution in [1.82, 2.24) is 5.32 Å². The highest BCUT2D eigenvalue weighted by Gasteiger charge is 2.26. The van der Waals surface area contributed by atoms with Gasteiger partial charge in [0.15, 0.2) is 0 Å². The zero-order valence-electron chi connectivity index (χ0n) is 9.69. The van der Waals surface area contributed by atoms with Crippen LogP contribution in [-0.2, 0) is 9.53 Å². The van der Waals surface area contributed by atoms with E-state index >= 15 is 0 Å². The Hall–Kier alpha value is -1.52. The van der Waals surface area contributed by atoms with Gasteiger partial charge in [0.05, 0.1) is 12.0 Å². The van der Waals surface area contributed by atoms with Crippen molar-refractivity contribution in [3.8, 4) is 0 Å². The highest BCUT2D eigenvalue weighted by Crippen LogP contribution is 2.18. The maximum Gasteiger partial charge on any atom is 0.408 e. The van der Waals surface area contributed by atoms with E-state index < -0.39 is 23.6 Å². The Labute approximate surface area is 94.5 Å². The number of hydrogen-bond acceptors (Lipinski definition) is 3. The van der Waals surface area contributed by atoms with Crippen LogP contribution in [0, 0.1) is 5.92 Å². The molecular weight excluding hydrogens is 210 g/mol. The quantitative estimate of drug-likeness (QED) is 0.701. The van der Waals surface area contributed by atoms with Crippen molar-refractivity contribution in [2.24, 2.45) is 5.92 Å². The van der Waals surface area contributed by atoms with Gasteiger partial charge in [-0.25, -0.2) is 4.79 Å². The molecule has 0 aromatic rings. The lowest BCUT2D eigenvalue weighted by molar-refractivity contribution is -0.140. The normalized spacial score (nSPS) is 24.2. The lowest BCUT2D eigenvalue weighted by atomic mass is 10.1. The van der Waals surface area contributed by atoms with Crippen molar-refractivity contribution >= 4 is 12.1 Å². The summed E-state index contributed by atoms with van der Waals surface area (Å²) < 4.78 is 5.06. The summed E-state index contributed by atoms with van der Waals surface area (Å²) in [4.78, 5) is 22.0. The Morgan fingerprint density at radius 1 is 1.38 bits per heavy atom. The second-order valence-electron chi connectivity index (χ2n) is 4.82. The van der Waals surface area contributed by atoms with Crippen LogP contribution in [0.5, 0.6) is 0 Å². The van der Waals surface area contributed by atoms with Crippen LogP contribution in [0.2, 0.25) is 0 Å². The Balaban J connectivity index is 2.38. The molecule has 0 aromatic carbocycles. The van der Waals surface area contributed by atoms with Crippen molar-refractivity contribution in [3.05, 3.63) is 12.2 Å². The Morgan fingerprint density at radius 3 is 2.44 bits per heavy atom. The average molecular weight is 227 g/mol. The molecule has 2 N–H and O–H groups in total. The van der Waals surface area contributed by atoms with Gasteiger partial charge in [-0.15, -0.1) is 0 Å². The first-order chi connectivity index (χ1) is 7.28. The second kappa shape index (κ2) is 4.55. The smallest absolute Gasteiger partial charge is 0.408 e. The van der Waals surface area contributed by atoms with Gasteiger partial charge in [-0.2, -0.15) is 0 Å². The van der Waals surface area contributed by atoms with Gasteiger partial charge in [0, 0.05) is 0 Å². The number of aliphatic carboxylic acids is 1. The first-order valence-electron chi connectivity index (χ1n) is 5.18. The van der Waals surface area contributed by atoms with E-state index in [4.69, 9.17) is 9.84 Å². The summed E-state index contributed by atoms with van der Waals surface area (Å²) in [5, 5.41) is 11.4. The lowest BCUT2D eigenvalue weighted by Gasteiger charge is -2.21. The molecule has 2 atom stereocenters. The number of ether oxygens (including phenoxy) is 1. The fourth-order valence-electron chi connectivity index (χ4n) is 1.45. The van der Waals surface area contributed by atoms with Gasteiger partial charge < -0.3 is 15.2 Å². The van der Waals surface area contributed by atoms with Gasteiger partial charge in [0.25, 0.3) is 0 Å². The fourth-order valence-corrected chi connectivity index (χ4v) is 1.45. The molecule has 1 amide bonds. The predicted molar refractivity (Wildman–Crippen MR) is 58.0 cm³/mol. The average Bonchev–Trinajstić information content (AvgIpc) is 2.48. The molecule has 0 saturated carbocycles. The molecule has 0 heterocycles. The largest absolute Gasteiger partial charge is 0.481 e. The number of alkyl carbamates (subject to hydrolysis) is 1. The van der Waals surface area contributed by atoms with E-state index in [0.29, 0.717) is 6.42 Å². The van der Waals surface area contributed by atoms with Crippen LogP contribution in [0.1, 0.15) is 27.2 Å². The minimum absolute atomic E-state index is 0.254. The van der Waals surface area contributed by atoms with Crippen LogP contribution in [0.4, 0.5) is 4.79 Å². The zero-order chi connectivity index (χ0) is 12.3. The lowest BCUT2D eigenvalue weighted by Crippen LogP contribution is -2.38. The maximum absolute atomic E-state index is 11.4. The zero-order valence-corrected chi connectivity index (χ0v) is 9.69. The molecule has 1 unspecified atom stereocenters. The molecule has 0 aromatic heterocycles. The standard InChI is InChI=1S/C11H17NO4/c1-11(2,3)16-10(15)12-8-5-4-7(6-8)9(13)14/h4-5,7-8H,6H2,1-3H3,(H,12,15)(H,13,14)/t7?,8-/m1/s1. The molecule has 0 bridgehead atoms. The third-order valence-electron chi connectivity index (χ3n) is 2.10. The molecule has 1 aliphatic rings. The number of amides is 1. The van der Waals surface area contributed by atoms with Crippen LogP contribution in [-0.4, -0.2) is 28.8 Å². The summed E-state index contributed by atoms with van der Waals surface area (Å²) in [6.07, 6.45) is 3.13. The van der Waals surface area contributed by atoms with Crippen molar-refractivity contribution < 1.29 is 19.4 Å². The summed E-state index contributed by atoms with van der Waals surface area (Å²) in [6, 6.07) is -0.254. The summed E-state index contributed by atoms with van der Waals surface area (Å²) >= 11 is 0. The summed E-state index contributed by atoms with van der Waals surface area (Å²) in [5.74, 6) is -1.38. The van der Waals surface area contributed by atoms with Gasteiger partial charge in [-0.1, -0.05) is 12.2 Å². The molecule has 0 saturated heterocycles. The van der Waals surface area contributed by atoms with Gasteiger partial charge in [-0.05, 0) is 27.2 Å². The van der Waals surface area contributed by atoms with Crippen LogP contribution in [0.25, 0.3) is 0 Å². The highest BCUT2D eigenvalue weighted by molar-refractivity contribution is 5.74. The van der Waals surface area contributed by atoms with Crippen LogP contribution in [0.15, 0.2) is 12.2 Å². The summed E-state index contributed by atoms with van der Waals surface area (Å²) in [5.41, 5.74) is -0.543. The molecule has 1 rings (SSSR count). The number of nitrogens with one attached hydrogen (secondary N) is 1. The number of carbonyl (C=O) groups excluding carboxylic acids is 1. The van der Waals surface area contributed by atoms with E-state index in [0.717, 1.165) is 0 Å². The van der Waals surface area contributed by atoms with Gasteiger partial charge in [0.1, 0.15) is 5.60 Å². The van der Waals surface area contributed by atoms with Crippen molar-refractivity contribution in [2.45, 2.75) is 38.8 Å². The topological polar surface area (TPSA) is 75.6 Å². The maximum atomic E-state index is 11.4. The molecule has 0 spiro atoms. The van der Waals surface area contributed by atoms with E-state index in [9.17, 15) is 9.59 Å². The van der Waals surface area contributed by atoms with Crippen molar-refractivity contribution in [3.63, 3.8) is 0 Å². The predicted octanol–water partition coefficient (Wildman–Crippen LogP) is 1.54. The van der Waals surface area contributed by atoms with E-state index in [2.05, 4.69) is 5.32 Å². The van der Waals surface area contributed by atoms with Crippen molar-refractivity contribution in [1.29, 1.82) is 0 Å². The molecule has 5 nitrogen and oxygen atoms in total. The van der Waals surface area contributed by atoms with Crippen LogP contribution < -0.4 is 5.32 Å². The molecule has 0 radical (unpaired) electrons. The van der Waals surface area contributed by atoms with E-state index in [-0.39, 0.29) is 6.04 Å². The molecular formula is C11H17NO4. The third kappa shape index (κ3) is 3.92. The highest BCUT2D eigenvalue weighted by atomic mass is 16.6. The number of carboxylic acid groups (broad SMARTS) is 1. The first kappa shape index (κ1) is 12.5. The van der Waals surface area contributed by atoms with Crippen LogP contribution >= 0.6 is 0 Å². The van der Waals surface area contributed by atoms with Crippen molar-refractivity contribution in [2.75, 3.05) is 0 Å². The Kier molecular flexibility index (Phi) is 3.57. The summed E-state index contributed by atoms with van der Waals surface area (Å²) in [6.45, 7) is 5.32. The van der Waals surface area contributed by atoms with E-state index in [1.165, 1.54) is 0 Å². The fraction of sp³-hybridized carbons (Fsp3) is 0.636. The number of rotatable bonds is 2. The van der Waals surface area contributed by atoms with Gasteiger partial charge in [-0.3, -0.25) is 4.79 Å². The summed E-state index contributed by atoms with van der Waals surface area (Å²) in [7, 11) is 0. The first-order valence-corrected chi connectivity index (χ1v) is 5.18. The van der Waals surface area contributed by atoms with Gasteiger partial charge >= 0.3 is 12.1 Å². The second-order valence-corrected chi connectivity index (χ2v) is 4.82. The number of hydrogen-bond donors (Lipinski definition) is 2. The molecule has 1 aliphatic carbocycles. The molecule has 5 heteroatoms. The Bertz CT molecular complexity index is 316. The molecule has 90 valence electrons. The SMILES string of the molecule is CC(C)(C)OC(=O)N[C@@H]1C=CC(C(=O)O)C1. The number of carboxylic acids is 1. The minimum atomic E-state index is -0.871. The Morgan fingerprint density at radius 2 is 2.00 bits per heavy atom. The van der Waals surface area contributed by atoms with Gasteiger partial charge in [0.2, 0.25) is 0 Å². The number of carbonyl (C=O) groups is 2. The minimum Gasteiger partial charge on any atom is -0.481 e. The third-order valence-corrected chi connectivity index (χ3v) is 2.10. The van der Waals surface area contributed by atoms with E-state index in [1.54, 1.807) is 32.9 Å². The monoisotopic (exact) mass is 227 g/mol. The van der Waals surface area contributed by atoms with E-state index in [1.807, 2.05) is 0 Å². The molecule has 16 heavy (non-hydrogen) atoms. The molecule has 0 aliphatic heterocycles.